The molecule has 4 nitrogen and oxygen atoms in total. The molecule has 0 aliphatic heterocycles. The van der Waals surface area contributed by atoms with Crippen LogP contribution in [0, 0.1) is 46.3 Å². The van der Waals surface area contributed by atoms with Gasteiger partial charge >= 0.3 is 0 Å². The second-order valence-corrected chi connectivity index (χ2v) is 13.1. The van der Waals surface area contributed by atoms with Crippen LogP contribution in [0.5, 0.6) is 0 Å². The van der Waals surface area contributed by atoms with Gasteiger partial charge in [-0.1, -0.05) is 20.8 Å². The summed E-state index contributed by atoms with van der Waals surface area (Å²) in [5, 5.41) is 17.4. The van der Waals surface area contributed by atoms with E-state index in [-0.39, 0.29) is 0 Å². The summed E-state index contributed by atoms with van der Waals surface area (Å²) in [7, 11) is 0. The van der Waals surface area contributed by atoms with Crippen LogP contribution in [-0.2, 0) is 0 Å². The lowest BCUT2D eigenvalue weighted by molar-refractivity contribution is -0.118. The van der Waals surface area contributed by atoms with Gasteiger partial charge in [0.1, 0.15) is 0 Å². The monoisotopic (exact) mass is 461 g/mol. The summed E-state index contributed by atoms with van der Waals surface area (Å²) < 4.78 is 0. The first-order valence-corrected chi connectivity index (χ1v) is 14.7. The number of hydrogen-bond acceptors (Lipinski definition) is 4. The van der Waals surface area contributed by atoms with Crippen molar-refractivity contribution in [3.8, 4) is 0 Å². The highest BCUT2D eigenvalue weighted by Crippen LogP contribution is 2.68. The summed E-state index contributed by atoms with van der Waals surface area (Å²) in [6.07, 6.45) is 16.4. The molecule has 4 heteroatoms. The van der Waals surface area contributed by atoms with E-state index in [4.69, 9.17) is 5.73 Å². The van der Waals surface area contributed by atoms with E-state index in [0.29, 0.717) is 23.4 Å². The van der Waals surface area contributed by atoms with Crippen LogP contribution in [0.4, 0.5) is 0 Å². The molecule has 0 radical (unpaired) electrons. The second kappa shape index (κ2) is 11.3. The largest absolute Gasteiger partial charge is 0.396 e. The average molecular weight is 462 g/mol. The zero-order valence-electron chi connectivity index (χ0n) is 22.1. The molecule has 4 fully saturated rings. The molecule has 9 atom stereocenters. The maximum atomic E-state index is 9.87. The van der Waals surface area contributed by atoms with Crippen molar-refractivity contribution in [2.24, 2.45) is 52.1 Å². The van der Waals surface area contributed by atoms with Crippen molar-refractivity contribution < 1.29 is 5.11 Å². The Bertz CT molecular complexity index is 614. The lowest BCUT2D eigenvalue weighted by atomic mass is 9.44. The third-order valence-corrected chi connectivity index (χ3v) is 11.5. The first-order valence-electron chi connectivity index (χ1n) is 14.7. The highest BCUT2D eigenvalue weighted by atomic mass is 16.3. The molecule has 4 saturated carbocycles. The number of unbranched alkanes of at least 4 members (excludes halogenated alkanes) is 1. The molecule has 33 heavy (non-hydrogen) atoms. The number of aliphatic hydroxyl groups is 1. The Labute approximate surface area is 204 Å². The molecule has 0 aromatic rings. The number of nitrogens with two attached hydrogens (primary N) is 1. The van der Waals surface area contributed by atoms with Crippen LogP contribution in [0.1, 0.15) is 97.8 Å². The van der Waals surface area contributed by atoms with E-state index >= 15 is 0 Å². The number of fused-ring (bicyclic) bond motifs is 5. The fourth-order valence-electron chi connectivity index (χ4n) is 9.58. The maximum absolute atomic E-state index is 9.87. The molecule has 0 heterocycles. The minimum Gasteiger partial charge on any atom is -0.396 e. The van der Waals surface area contributed by atoms with E-state index in [1.165, 1.54) is 70.6 Å². The van der Waals surface area contributed by atoms with E-state index in [1.807, 2.05) is 0 Å². The maximum Gasteiger partial charge on any atom is 0.0459 e. The van der Waals surface area contributed by atoms with E-state index in [0.717, 1.165) is 68.2 Å². The molecule has 4 aliphatic carbocycles. The quantitative estimate of drug-likeness (QED) is 0.329. The molecule has 5 N–H and O–H groups in total. The molecule has 0 unspecified atom stereocenters. The van der Waals surface area contributed by atoms with E-state index in [1.54, 1.807) is 0 Å². The Morgan fingerprint density at radius 2 is 1.64 bits per heavy atom. The summed E-state index contributed by atoms with van der Waals surface area (Å²) in [6, 6.07) is 0.743. The lowest BCUT2D eigenvalue weighted by Gasteiger charge is -2.61. The van der Waals surface area contributed by atoms with Gasteiger partial charge < -0.3 is 21.5 Å². The molecule has 0 spiro atoms. The Balaban J connectivity index is 1.27. The zero-order chi connectivity index (χ0) is 23.5. The molecular formula is C29H55N3O. The topological polar surface area (TPSA) is 70.3 Å². The third kappa shape index (κ3) is 5.20. The summed E-state index contributed by atoms with van der Waals surface area (Å²) >= 11 is 0. The van der Waals surface area contributed by atoms with Gasteiger partial charge in [-0.05, 0) is 150 Å². The van der Waals surface area contributed by atoms with Gasteiger partial charge in [0.2, 0.25) is 0 Å². The van der Waals surface area contributed by atoms with Crippen LogP contribution >= 0.6 is 0 Å². The van der Waals surface area contributed by atoms with Gasteiger partial charge in [-0.15, -0.1) is 0 Å². The first kappa shape index (κ1) is 25.9. The number of nitrogens with one attached hydrogen (secondary N) is 2. The smallest absolute Gasteiger partial charge is 0.0459 e. The van der Waals surface area contributed by atoms with Crippen LogP contribution < -0.4 is 16.4 Å². The van der Waals surface area contributed by atoms with Gasteiger partial charge in [0.25, 0.3) is 0 Å². The Hall–Kier alpha value is -0.160. The second-order valence-electron chi connectivity index (χ2n) is 13.1. The summed E-state index contributed by atoms with van der Waals surface area (Å²) in [4.78, 5) is 0. The summed E-state index contributed by atoms with van der Waals surface area (Å²) in [6.45, 7) is 12.2. The Morgan fingerprint density at radius 3 is 2.42 bits per heavy atom. The van der Waals surface area contributed by atoms with E-state index < -0.39 is 0 Å². The molecule has 0 amide bonds. The predicted octanol–water partition coefficient (Wildman–Crippen LogP) is 4.95. The standard InChI is InChI=1S/C29H55N3O/c1-21(20-33)25-9-10-26-24-8-7-22-19-23(32-18-6-17-31-16-5-4-15-30)11-13-28(22,2)27(24)12-14-29(25,26)3/h21-27,31-33H,4-20,30H2,1-3H3/t21-,22-,23+,24+,25-,26+,27+,28+,29-/m1/s1. The van der Waals surface area contributed by atoms with Gasteiger partial charge in [0, 0.05) is 12.6 Å². The van der Waals surface area contributed by atoms with Crippen molar-refractivity contribution in [3.05, 3.63) is 0 Å². The van der Waals surface area contributed by atoms with Gasteiger partial charge in [-0.25, -0.2) is 0 Å². The zero-order valence-corrected chi connectivity index (χ0v) is 22.1. The van der Waals surface area contributed by atoms with Crippen molar-refractivity contribution in [2.45, 2.75) is 104 Å². The highest BCUT2D eigenvalue weighted by molar-refractivity contribution is 5.10. The van der Waals surface area contributed by atoms with Gasteiger partial charge in [0.15, 0.2) is 0 Å². The molecule has 0 bridgehead atoms. The fourth-order valence-corrected chi connectivity index (χ4v) is 9.58. The fraction of sp³-hybridized carbons (Fsp3) is 1.00. The minimum absolute atomic E-state index is 0.375. The van der Waals surface area contributed by atoms with Gasteiger partial charge in [-0.2, -0.15) is 0 Å². The first-order chi connectivity index (χ1) is 15.9. The molecule has 0 aromatic carbocycles. The molecule has 0 saturated heterocycles. The average Bonchev–Trinajstić information content (AvgIpc) is 3.17. The molecule has 0 aromatic heterocycles. The van der Waals surface area contributed by atoms with Crippen LogP contribution in [0.3, 0.4) is 0 Å². The van der Waals surface area contributed by atoms with Crippen LogP contribution in [-0.4, -0.2) is 43.9 Å². The summed E-state index contributed by atoms with van der Waals surface area (Å²) in [5.41, 5.74) is 6.64. The molecule has 192 valence electrons. The normalized spacial score (nSPS) is 43.5. The van der Waals surface area contributed by atoms with Crippen LogP contribution in [0.25, 0.3) is 0 Å². The Kier molecular flexibility index (Phi) is 8.85. The van der Waals surface area contributed by atoms with Crippen molar-refractivity contribution >= 4 is 0 Å². The van der Waals surface area contributed by atoms with Crippen molar-refractivity contribution in [2.75, 3.05) is 32.8 Å². The molecule has 4 aliphatic rings. The van der Waals surface area contributed by atoms with Crippen molar-refractivity contribution in [1.29, 1.82) is 0 Å². The highest BCUT2D eigenvalue weighted by Gasteiger charge is 2.60. The number of hydrogen-bond donors (Lipinski definition) is 4. The SMILES string of the molecule is C[C@H](CO)[C@H]1CC[C@H]2[C@@H]3CC[C@@H]4C[C@@H](NCCCNCCCCN)CC[C@]4(C)[C@H]3CC[C@]12C. The van der Waals surface area contributed by atoms with E-state index in [9.17, 15) is 5.11 Å². The molecular weight excluding hydrogens is 406 g/mol. The lowest BCUT2D eigenvalue weighted by Crippen LogP contribution is -2.55. The number of rotatable bonds is 11. The van der Waals surface area contributed by atoms with Gasteiger partial charge in [-0.3, -0.25) is 0 Å². The molecule has 4 rings (SSSR count). The summed E-state index contributed by atoms with van der Waals surface area (Å²) in [5.74, 6) is 4.98. The third-order valence-electron chi connectivity index (χ3n) is 11.5. The Morgan fingerprint density at radius 1 is 0.879 bits per heavy atom. The van der Waals surface area contributed by atoms with Crippen molar-refractivity contribution in [3.63, 3.8) is 0 Å². The minimum atomic E-state index is 0.375. The van der Waals surface area contributed by atoms with Gasteiger partial charge in [0.05, 0.1) is 0 Å². The predicted molar refractivity (Wildman–Crippen MR) is 139 cm³/mol. The number of aliphatic hydroxyl groups excluding tert-OH is 1. The van der Waals surface area contributed by atoms with Crippen LogP contribution in [0.15, 0.2) is 0 Å². The van der Waals surface area contributed by atoms with E-state index in [2.05, 4.69) is 31.4 Å². The van der Waals surface area contributed by atoms with Crippen molar-refractivity contribution in [1.82, 2.24) is 10.6 Å². The van der Waals surface area contributed by atoms with Crippen LogP contribution in [0.2, 0.25) is 0 Å².